The Labute approximate surface area is 147 Å². The second-order valence-corrected chi connectivity index (χ2v) is 7.40. The Morgan fingerprint density at radius 1 is 1.38 bits per heavy atom. The van der Waals surface area contributed by atoms with E-state index in [9.17, 15) is 9.59 Å². The van der Waals surface area contributed by atoms with Gasteiger partial charge in [0, 0.05) is 11.7 Å². The van der Waals surface area contributed by atoms with Crippen LogP contribution in [-0.4, -0.2) is 41.0 Å². The molecular weight excluding hydrogens is 348 g/mol. The fourth-order valence-corrected chi connectivity index (χ4v) is 3.52. The average Bonchev–Trinajstić information content (AvgIpc) is 3.29. The number of amides is 1. The number of rotatable bonds is 7. The van der Waals surface area contributed by atoms with Crippen molar-refractivity contribution in [1.82, 2.24) is 10.2 Å². The number of methoxy groups -OCH3 is 1. The highest BCUT2D eigenvalue weighted by Gasteiger charge is 2.22. The molecule has 126 valence electrons. The van der Waals surface area contributed by atoms with Crippen LogP contribution in [0.3, 0.4) is 0 Å². The van der Waals surface area contributed by atoms with Gasteiger partial charge in [0.2, 0.25) is 11.0 Å². The molecule has 0 unspecified atom stereocenters. The van der Waals surface area contributed by atoms with Gasteiger partial charge in [-0.05, 0) is 31.0 Å². The number of nitrogens with zero attached hydrogens (tertiary/aromatic N) is 2. The van der Waals surface area contributed by atoms with Gasteiger partial charge in [-0.15, -0.1) is 10.2 Å². The van der Waals surface area contributed by atoms with E-state index in [1.165, 1.54) is 43.1 Å². The van der Waals surface area contributed by atoms with E-state index in [1.54, 1.807) is 24.3 Å². The van der Waals surface area contributed by atoms with Gasteiger partial charge in [-0.1, -0.05) is 29.2 Å². The van der Waals surface area contributed by atoms with Crippen LogP contribution in [0.2, 0.25) is 0 Å². The summed E-state index contributed by atoms with van der Waals surface area (Å²) in [6.07, 6.45) is 2.35. The minimum Gasteiger partial charge on any atom is -0.465 e. The largest absolute Gasteiger partial charge is 0.465 e. The molecule has 0 spiro atoms. The topological polar surface area (TPSA) is 93.2 Å². The molecule has 3 rings (SSSR count). The van der Waals surface area contributed by atoms with Gasteiger partial charge < -0.3 is 15.4 Å². The van der Waals surface area contributed by atoms with Crippen molar-refractivity contribution in [3.63, 3.8) is 0 Å². The van der Waals surface area contributed by atoms with Crippen LogP contribution in [0.1, 0.15) is 23.2 Å². The lowest BCUT2D eigenvalue weighted by molar-refractivity contribution is -0.113. The van der Waals surface area contributed by atoms with E-state index in [0.29, 0.717) is 17.3 Å². The van der Waals surface area contributed by atoms with Crippen molar-refractivity contribution >= 4 is 45.8 Å². The van der Waals surface area contributed by atoms with Gasteiger partial charge in [-0.3, -0.25) is 4.79 Å². The van der Waals surface area contributed by atoms with Gasteiger partial charge >= 0.3 is 5.97 Å². The first kappa shape index (κ1) is 16.7. The predicted molar refractivity (Wildman–Crippen MR) is 93.7 cm³/mol. The third-order valence-electron chi connectivity index (χ3n) is 3.21. The molecule has 1 fully saturated rings. The zero-order valence-electron chi connectivity index (χ0n) is 12.9. The molecule has 1 heterocycles. The molecule has 9 heteroatoms. The molecule has 0 aliphatic heterocycles. The third-order valence-corrected chi connectivity index (χ3v) is 5.19. The second-order valence-electron chi connectivity index (χ2n) is 5.20. The molecule has 0 bridgehead atoms. The summed E-state index contributed by atoms with van der Waals surface area (Å²) in [6.45, 7) is 0. The molecule has 1 aromatic heterocycles. The summed E-state index contributed by atoms with van der Waals surface area (Å²) in [6, 6.07) is 7.15. The highest BCUT2D eigenvalue weighted by molar-refractivity contribution is 8.01. The lowest BCUT2D eigenvalue weighted by atomic mass is 10.2. The van der Waals surface area contributed by atoms with Crippen molar-refractivity contribution in [3.8, 4) is 0 Å². The van der Waals surface area contributed by atoms with Crippen LogP contribution in [0.25, 0.3) is 0 Å². The number of aromatic nitrogens is 2. The molecule has 2 N–H and O–H groups in total. The van der Waals surface area contributed by atoms with Gasteiger partial charge in [0.25, 0.3) is 0 Å². The molecule has 1 aromatic carbocycles. The van der Waals surface area contributed by atoms with Gasteiger partial charge in [-0.2, -0.15) is 0 Å². The zero-order valence-corrected chi connectivity index (χ0v) is 14.6. The molecule has 0 atom stereocenters. The van der Waals surface area contributed by atoms with Gasteiger partial charge in [0.1, 0.15) is 0 Å². The van der Waals surface area contributed by atoms with Crippen molar-refractivity contribution in [1.29, 1.82) is 0 Å². The lowest BCUT2D eigenvalue weighted by Gasteiger charge is -2.06. The Morgan fingerprint density at radius 2 is 2.21 bits per heavy atom. The smallest absolute Gasteiger partial charge is 0.337 e. The number of anilines is 2. The molecule has 1 aliphatic rings. The number of nitrogens with one attached hydrogen (secondary N) is 2. The van der Waals surface area contributed by atoms with E-state index in [1.807, 2.05) is 0 Å². The van der Waals surface area contributed by atoms with Crippen LogP contribution >= 0.6 is 23.1 Å². The summed E-state index contributed by atoms with van der Waals surface area (Å²) in [5, 5.41) is 14.9. The molecule has 1 amide bonds. The standard InChI is InChI=1S/C15H16N4O3S2/c1-22-13(21)9-3-2-4-11(7-9)16-12(20)8-23-15-19-18-14(24-15)17-10-5-6-10/h2-4,7,10H,5-6,8H2,1H3,(H,16,20)(H,17,18). The molecule has 1 aliphatic carbocycles. The van der Waals surface area contributed by atoms with E-state index in [4.69, 9.17) is 0 Å². The van der Waals surface area contributed by atoms with Crippen LogP contribution in [0.5, 0.6) is 0 Å². The molecular formula is C15H16N4O3S2. The van der Waals surface area contributed by atoms with E-state index in [2.05, 4.69) is 25.6 Å². The molecule has 1 saturated carbocycles. The minimum atomic E-state index is -0.440. The Bertz CT molecular complexity index is 746. The normalized spacial score (nSPS) is 13.4. The van der Waals surface area contributed by atoms with Crippen molar-refractivity contribution in [2.75, 3.05) is 23.5 Å². The predicted octanol–water partition coefficient (Wildman–Crippen LogP) is 2.63. The van der Waals surface area contributed by atoms with Gasteiger partial charge in [0.05, 0.1) is 18.4 Å². The summed E-state index contributed by atoms with van der Waals surface area (Å²) in [5.41, 5.74) is 0.944. The SMILES string of the molecule is COC(=O)c1cccc(NC(=O)CSc2nnc(NC3CC3)s2)c1. The van der Waals surface area contributed by atoms with Crippen molar-refractivity contribution < 1.29 is 14.3 Å². The monoisotopic (exact) mass is 364 g/mol. The first-order valence-electron chi connectivity index (χ1n) is 7.35. The number of hydrogen-bond donors (Lipinski definition) is 2. The summed E-state index contributed by atoms with van der Waals surface area (Å²) >= 11 is 2.78. The maximum absolute atomic E-state index is 12.0. The third kappa shape index (κ3) is 4.68. The number of carbonyl (C=O) groups is 2. The Morgan fingerprint density at radius 3 is 2.96 bits per heavy atom. The molecule has 7 nitrogen and oxygen atoms in total. The quantitative estimate of drug-likeness (QED) is 0.576. The first-order chi connectivity index (χ1) is 11.6. The Balaban J connectivity index is 1.50. The molecule has 2 aromatic rings. The maximum Gasteiger partial charge on any atom is 0.337 e. The van der Waals surface area contributed by atoms with Crippen LogP contribution in [0, 0.1) is 0 Å². The summed E-state index contributed by atoms with van der Waals surface area (Å²) < 4.78 is 5.41. The number of esters is 1. The molecule has 24 heavy (non-hydrogen) atoms. The fourth-order valence-electron chi connectivity index (χ4n) is 1.89. The van der Waals surface area contributed by atoms with E-state index >= 15 is 0 Å². The van der Waals surface area contributed by atoms with Gasteiger partial charge in [0.15, 0.2) is 4.34 Å². The van der Waals surface area contributed by atoms with E-state index in [0.717, 1.165) is 9.47 Å². The summed E-state index contributed by atoms with van der Waals surface area (Å²) in [7, 11) is 1.32. The highest BCUT2D eigenvalue weighted by atomic mass is 32.2. The Hall–Kier alpha value is -2.13. The van der Waals surface area contributed by atoms with Crippen LogP contribution in [-0.2, 0) is 9.53 Å². The van der Waals surface area contributed by atoms with Crippen molar-refractivity contribution in [2.45, 2.75) is 23.2 Å². The maximum atomic E-state index is 12.0. The molecule has 0 radical (unpaired) electrons. The first-order valence-corrected chi connectivity index (χ1v) is 9.15. The number of thioether (sulfide) groups is 1. The summed E-state index contributed by atoms with van der Waals surface area (Å²) in [5.74, 6) is -0.389. The number of benzene rings is 1. The number of carbonyl (C=O) groups excluding carboxylic acids is 2. The van der Waals surface area contributed by atoms with Crippen molar-refractivity contribution in [2.24, 2.45) is 0 Å². The fraction of sp³-hybridized carbons (Fsp3) is 0.333. The second kappa shape index (κ2) is 7.63. The van der Waals surface area contributed by atoms with E-state index in [-0.39, 0.29) is 11.7 Å². The minimum absolute atomic E-state index is 0.172. The highest BCUT2D eigenvalue weighted by Crippen LogP contribution is 2.30. The molecule has 0 saturated heterocycles. The Kier molecular flexibility index (Phi) is 5.31. The van der Waals surface area contributed by atoms with Crippen LogP contribution < -0.4 is 10.6 Å². The number of ether oxygens (including phenoxy) is 1. The van der Waals surface area contributed by atoms with Crippen LogP contribution in [0.15, 0.2) is 28.6 Å². The van der Waals surface area contributed by atoms with Gasteiger partial charge in [-0.25, -0.2) is 4.79 Å². The van der Waals surface area contributed by atoms with Crippen LogP contribution in [0.4, 0.5) is 10.8 Å². The van der Waals surface area contributed by atoms with Crippen molar-refractivity contribution in [3.05, 3.63) is 29.8 Å². The summed E-state index contributed by atoms with van der Waals surface area (Å²) in [4.78, 5) is 23.5. The zero-order chi connectivity index (χ0) is 16.9. The van der Waals surface area contributed by atoms with E-state index < -0.39 is 5.97 Å². The number of hydrogen-bond acceptors (Lipinski definition) is 8. The average molecular weight is 364 g/mol. The lowest BCUT2D eigenvalue weighted by Crippen LogP contribution is -2.14.